The third kappa shape index (κ3) is 2.89. The summed E-state index contributed by atoms with van der Waals surface area (Å²) in [5.41, 5.74) is -0.321. The highest BCUT2D eigenvalue weighted by Crippen LogP contribution is 2.64. The molecule has 6 rings (SSSR count). The van der Waals surface area contributed by atoms with E-state index in [9.17, 15) is 18.5 Å². The van der Waals surface area contributed by atoms with E-state index in [2.05, 4.69) is 11.4 Å². The molecular formula is C19H29ClN4O3S. The SMILES string of the molecule is Cl.N#C[C@@H]1CCCN1C(=O)CNC12CC3CC1CC(N1CCCS1(=O)=O)(C3)C2. The van der Waals surface area contributed by atoms with Crippen molar-refractivity contribution in [3.05, 3.63) is 0 Å². The molecule has 156 valence electrons. The summed E-state index contributed by atoms with van der Waals surface area (Å²) in [7, 11) is -3.12. The number of likely N-dealkylation sites (tertiary alicyclic amines) is 1. The molecule has 0 spiro atoms. The van der Waals surface area contributed by atoms with Crippen LogP contribution in [0.3, 0.4) is 0 Å². The molecule has 0 aromatic carbocycles. The lowest BCUT2D eigenvalue weighted by molar-refractivity contribution is -0.130. The van der Waals surface area contributed by atoms with E-state index in [1.807, 2.05) is 4.31 Å². The van der Waals surface area contributed by atoms with Crippen molar-refractivity contribution in [1.82, 2.24) is 14.5 Å². The van der Waals surface area contributed by atoms with Gasteiger partial charge in [-0.3, -0.25) is 4.79 Å². The zero-order valence-electron chi connectivity index (χ0n) is 16.1. The van der Waals surface area contributed by atoms with Gasteiger partial charge >= 0.3 is 0 Å². The van der Waals surface area contributed by atoms with E-state index in [0.717, 1.165) is 51.4 Å². The van der Waals surface area contributed by atoms with Gasteiger partial charge in [-0.15, -0.1) is 12.4 Å². The van der Waals surface area contributed by atoms with Crippen LogP contribution in [-0.4, -0.2) is 66.0 Å². The minimum atomic E-state index is -3.12. The Morgan fingerprint density at radius 1 is 1.21 bits per heavy atom. The van der Waals surface area contributed by atoms with E-state index >= 15 is 0 Å². The first kappa shape index (κ1) is 20.4. The molecule has 2 saturated heterocycles. The molecule has 0 aromatic rings. The van der Waals surface area contributed by atoms with Crippen LogP contribution in [0.25, 0.3) is 0 Å². The fourth-order valence-electron chi connectivity index (χ4n) is 7.15. The van der Waals surface area contributed by atoms with E-state index in [1.54, 1.807) is 4.90 Å². The summed E-state index contributed by atoms with van der Waals surface area (Å²) in [4.78, 5) is 14.4. The Balaban J connectivity index is 0.00000192. The van der Waals surface area contributed by atoms with Crippen LogP contribution < -0.4 is 5.32 Å². The molecule has 0 radical (unpaired) electrons. The molecule has 2 aliphatic heterocycles. The maximum Gasteiger partial charge on any atom is 0.237 e. The fraction of sp³-hybridized carbons (Fsp3) is 0.895. The van der Waals surface area contributed by atoms with E-state index in [4.69, 9.17) is 0 Å². The van der Waals surface area contributed by atoms with Gasteiger partial charge in [-0.2, -0.15) is 9.57 Å². The number of sulfonamides is 1. The molecule has 4 bridgehead atoms. The van der Waals surface area contributed by atoms with Gasteiger partial charge in [0.1, 0.15) is 6.04 Å². The summed E-state index contributed by atoms with van der Waals surface area (Å²) in [5.74, 6) is 1.33. The standard InChI is InChI=1S/C19H28N4O3S.ClH/c20-11-16-3-1-4-22(16)17(24)12-21-19-9-14-7-15(19)10-18(8-14,13-19)23-5-2-6-27(23,25)26;/h14-16,21H,1-10,12-13H2;1H/t14?,15?,16-,18?,19?;/m0./s1. The van der Waals surface area contributed by atoms with E-state index in [1.165, 1.54) is 0 Å². The Labute approximate surface area is 173 Å². The van der Waals surface area contributed by atoms with Crippen molar-refractivity contribution < 1.29 is 13.2 Å². The number of carbonyl (C=O) groups excluding carboxylic acids is 1. The summed E-state index contributed by atoms with van der Waals surface area (Å²) in [6, 6.07) is 1.95. The second-order valence-corrected chi connectivity index (χ2v) is 11.5. The molecule has 0 aromatic heterocycles. The van der Waals surface area contributed by atoms with E-state index < -0.39 is 10.0 Å². The number of halogens is 1. The zero-order chi connectivity index (χ0) is 18.9. The van der Waals surface area contributed by atoms with E-state index in [-0.39, 0.29) is 47.7 Å². The van der Waals surface area contributed by atoms with Crippen molar-refractivity contribution in [2.24, 2.45) is 11.8 Å². The van der Waals surface area contributed by atoms with Crippen molar-refractivity contribution in [2.75, 3.05) is 25.4 Å². The van der Waals surface area contributed by atoms with Crippen LogP contribution >= 0.6 is 12.4 Å². The van der Waals surface area contributed by atoms with Crippen LogP contribution in [-0.2, 0) is 14.8 Å². The molecule has 4 saturated carbocycles. The molecule has 2 heterocycles. The third-order valence-corrected chi connectivity index (χ3v) is 9.98. The zero-order valence-corrected chi connectivity index (χ0v) is 17.7. The van der Waals surface area contributed by atoms with Crippen LogP contribution in [0.2, 0.25) is 0 Å². The normalized spacial score (nSPS) is 43.2. The summed E-state index contributed by atoms with van der Waals surface area (Å²) in [6.07, 6.45) is 7.39. The Kier molecular flexibility index (Phi) is 4.98. The molecule has 4 aliphatic carbocycles. The lowest BCUT2D eigenvalue weighted by atomic mass is 9.74. The molecular weight excluding hydrogens is 400 g/mol. The van der Waals surface area contributed by atoms with Crippen molar-refractivity contribution in [2.45, 2.75) is 68.5 Å². The number of rotatable bonds is 4. The van der Waals surface area contributed by atoms with Gasteiger partial charge in [0.2, 0.25) is 15.9 Å². The van der Waals surface area contributed by atoms with Crippen LogP contribution in [0.5, 0.6) is 0 Å². The molecule has 4 unspecified atom stereocenters. The second kappa shape index (κ2) is 6.83. The van der Waals surface area contributed by atoms with E-state index in [0.29, 0.717) is 24.9 Å². The van der Waals surface area contributed by atoms with Gasteiger partial charge in [0.15, 0.2) is 0 Å². The summed E-state index contributed by atoms with van der Waals surface area (Å²) < 4.78 is 27.0. The number of hydrogen-bond acceptors (Lipinski definition) is 5. The van der Waals surface area contributed by atoms with Gasteiger partial charge in [-0.05, 0) is 63.2 Å². The summed E-state index contributed by atoms with van der Waals surface area (Å²) in [6.45, 7) is 1.60. The maximum absolute atomic E-state index is 12.7. The highest BCUT2D eigenvalue weighted by molar-refractivity contribution is 7.89. The number of nitriles is 1. The molecule has 9 heteroatoms. The predicted molar refractivity (Wildman–Crippen MR) is 106 cm³/mol. The topological polar surface area (TPSA) is 93.5 Å². The van der Waals surface area contributed by atoms with Crippen LogP contribution in [0.4, 0.5) is 0 Å². The number of nitrogens with one attached hydrogen (secondary N) is 1. The number of amides is 1. The van der Waals surface area contributed by atoms with Gasteiger partial charge in [0.25, 0.3) is 0 Å². The molecule has 1 amide bonds. The Morgan fingerprint density at radius 3 is 2.75 bits per heavy atom. The van der Waals surface area contributed by atoms with Gasteiger partial charge < -0.3 is 10.2 Å². The Morgan fingerprint density at radius 2 is 2.04 bits per heavy atom. The Hall–Kier alpha value is -0.880. The quantitative estimate of drug-likeness (QED) is 0.727. The van der Waals surface area contributed by atoms with Crippen LogP contribution in [0, 0.1) is 23.2 Å². The first-order valence-corrected chi connectivity index (χ1v) is 11.9. The smallest absolute Gasteiger partial charge is 0.237 e. The third-order valence-electron chi connectivity index (χ3n) is 7.93. The largest absolute Gasteiger partial charge is 0.326 e. The lowest BCUT2D eigenvalue weighted by Crippen LogP contribution is -2.56. The molecule has 5 atom stereocenters. The highest BCUT2D eigenvalue weighted by Gasteiger charge is 2.67. The summed E-state index contributed by atoms with van der Waals surface area (Å²) >= 11 is 0. The van der Waals surface area contributed by atoms with Crippen molar-refractivity contribution >= 4 is 28.3 Å². The van der Waals surface area contributed by atoms with Crippen molar-refractivity contribution in [1.29, 1.82) is 5.26 Å². The number of nitrogens with zero attached hydrogens (tertiary/aromatic N) is 3. The maximum atomic E-state index is 12.7. The average molecular weight is 429 g/mol. The molecule has 28 heavy (non-hydrogen) atoms. The van der Waals surface area contributed by atoms with Gasteiger partial charge in [0, 0.05) is 24.2 Å². The lowest BCUT2D eigenvalue weighted by Gasteiger charge is -2.46. The molecule has 6 aliphatic rings. The minimum absolute atomic E-state index is 0. The molecule has 6 fully saturated rings. The first-order chi connectivity index (χ1) is 12.9. The van der Waals surface area contributed by atoms with Crippen molar-refractivity contribution in [3.63, 3.8) is 0 Å². The molecule has 1 N–H and O–H groups in total. The monoisotopic (exact) mass is 428 g/mol. The summed E-state index contributed by atoms with van der Waals surface area (Å²) in [5, 5.41) is 12.8. The number of hydrogen-bond donors (Lipinski definition) is 1. The van der Waals surface area contributed by atoms with Crippen molar-refractivity contribution in [3.8, 4) is 6.07 Å². The first-order valence-electron chi connectivity index (χ1n) is 10.3. The predicted octanol–water partition coefficient (Wildman–Crippen LogP) is 1.25. The molecule has 7 nitrogen and oxygen atoms in total. The fourth-order valence-corrected chi connectivity index (χ4v) is 9.08. The van der Waals surface area contributed by atoms with Crippen LogP contribution in [0.1, 0.15) is 51.4 Å². The Bertz CT molecular complexity index is 814. The van der Waals surface area contributed by atoms with Crippen LogP contribution in [0.15, 0.2) is 0 Å². The average Bonchev–Trinajstić information content (AvgIpc) is 3.33. The highest BCUT2D eigenvalue weighted by atomic mass is 35.5. The van der Waals surface area contributed by atoms with Gasteiger partial charge in [-0.25, -0.2) is 8.42 Å². The van der Waals surface area contributed by atoms with Gasteiger partial charge in [0.05, 0.1) is 18.4 Å². The van der Waals surface area contributed by atoms with Gasteiger partial charge in [-0.1, -0.05) is 0 Å². The number of carbonyl (C=O) groups is 1. The minimum Gasteiger partial charge on any atom is -0.326 e. The second-order valence-electron chi connectivity index (χ2n) is 9.44.